The normalized spacial score (nSPS) is 20.8. The minimum atomic E-state index is -0.720. The molecule has 0 bridgehead atoms. The number of aromatic amines is 2. The Labute approximate surface area is 108 Å². The maximum atomic E-state index is 11.3. The quantitative estimate of drug-likeness (QED) is 0.684. The van der Waals surface area contributed by atoms with E-state index >= 15 is 0 Å². The molecule has 2 atom stereocenters. The van der Waals surface area contributed by atoms with Gasteiger partial charge in [0.25, 0.3) is 0 Å². The molecule has 2 unspecified atom stereocenters. The molecule has 3 rings (SSSR count). The number of aromatic nitrogens is 2. The Bertz CT molecular complexity index is 712. The topological polar surface area (TPSA) is 95.2 Å². The molecular weight excluding hydrogens is 248 g/mol. The van der Waals surface area contributed by atoms with Crippen LogP contribution in [0.4, 0.5) is 0 Å². The van der Waals surface area contributed by atoms with Crippen LogP contribution in [0.2, 0.25) is 0 Å². The Hall–Kier alpha value is -1.92. The van der Waals surface area contributed by atoms with E-state index in [1.807, 2.05) is 0 Å². The van der Waals surface area contributed by atoms with Crippen molar-refractivity contribution in [2.45, 2.75) is 25.0 Å². The van der Waals surface area contributed by atoms with Crippen LogP contribution >= 0.6 is 0 Å². The standard InChI is InChI=1S/C13H14N2O4/c16-11(10-2-1-5-19-10)7-3-4-8-9(6-7)15-13(18)12(17)14-8/h3-4,6,10-11,16H,1-2,5H2,(H,14,17)(H,15,18). The summed E-state index contributed by atoms with van der Waals surface area (Å²) in [6.45, 7) is 0.666. The SMILES string of the molecule is O=c1[nH]c2ccc(C(O)C3CCCO3)cc2[nH]c1=O. The molecule has 2 aromatic rings. The molecular formula is C13H14N2O4. The van der Waals surface area contributed by atoms with Crippen LogP contribution in [0.25, 0.3) is 11.0 Å². The predicted octanol–water partition coefficient (Wildman–Crippen LogP) is 0.429. The number of fused-ring (bicyclic) bond motifs is 1. The number of rotatable bonds is 2. The molecule has 0 amide bonds. The largest absolute Gasteiger partial charge is 0.386 e. The van der Waals surface area contributed by atoms with Crippen LogP contribution < -0.4 is 11.1 Å². The molecule has 1 fully saturated rings. The Morgan fingerprint density at radius 3 is 2.63 bits per heavy atom. The van der Waals surface area contributed by atoms with Crippen LogP contribution in [0.5, 0.6) is 0 Å². The van der Waals surface area contributed by atoms with Gasteiger partial charge in [-0.2, -0.15) is 0 Å². The number of hydrogen-bond donors (Lipinski definition) is 3. The van der Waals surface area contributed by atoms with E-state index in [9.17, 15) is 14.7 Å². The van der Waals surface area contributed by atoms with Gasteiger partial charge in [-0.05, 0) is 30.5 Å². The summed E-state index contributed by atoms with van der Waals surface area (Å²) in [7, 11) is 0. The van der Waals surface area contributed by atoms with Crippen molar-refractivity contribution in [2.75, 3.05) is 6.61 Å². The first-order chi connectivity index (χ1) is 9.15. The molecule has 100 valence electrons. The van der Waals surface area contributed by atoms with Crippen LogP contribution in [0, 0.1) is 0 Å². The number of hydrogen-bond acceptors (Lipinski definition) is 4. The van der Waals surface area contributed by atoms with E-state index in [0.29, 0.717) is 23.2 Å². The fourth-order valence-corrected chi connectivity index (χ4v) is 2.38. The van der Waals surface area contributed by atoms with Crippen LogP contribution in [-0.2, 0) is 4.74 Å². The summed E-state index contributed by atoms with van der Waals surface area (Å²) in [6, 6.07) is 5.06. The summed E-state index contributed by atoms with van der Waals surface area (Å²) in [5.74, 6) is 0. The second kappa shape index (κ2) is 4.64. The van der Waals surface area contributed by atoms with Crippen molar-refractivity contribution < 1.29 is 9.84 Å². The Morgan fingerprint density at radius 2 is 1.95 bits per heavy atom. The van der Waals surface area contributed by atoms with Gasteiger partial charge in [0.05, 0.1) is 17.1 Å². The van der Waals surface area contributed by atoms with Gasteiger partial charge in [-0.15, -0.1) is 0 Å². The lowest BCUT2D eigenvalue weighted by atomic mass is 10.0. The number of aliphatic hydroxyl groups is 1. The smallest absolute Gasteiger partial charge is 0.314 e. The first-order valence-electron chi connectivity index (χ1n) is 6.21. The Morgan fingerprint density at radius 1 is 1.21 bits per heavy atom. The number of aliphatic hydroxyl groups excluding tert-OH is 1. The van der Waals surface area contributed by atoms with Gasteiger partial charge >= 0.3 is 11.1 Å². The molecule has 6 heteroatoms. The zero-order valence-corrected chi connectivity index (χ0v) is 10.2. The average molecular weight is 262 g/mol. The van der Waals surface area contributed by atoms with E-state index in [1.165, 1.54) is 0 Å². The van der Waals surface area contributed by atoms with Crippen molar-refractivity contribution in [3.63, 3.8) is 0 Å². The third kappa shape index (κ3) is 2.20. The molecule has 19 heavy (non-hydrogen) atoms. The lowest BCUT2D eigenvalue weighted by molar-refractivity contribution is -0.00253. The molecule has 1 aromatic heterocycles. The summed E-state index contributed by atoms with van der Waals surface area (Å²) in [4.78, 5) is 27.5. The fourth-order valence-electron chi connectivity index (χ4n) is 2.38. The van der Waals surface area contributed by atoms with Gasteiger partial charge in [0.2, 0.25) is 0 Å². The highest BCUT2D eigenvalue weighted by Crippen LogP contribution is 2.27. The number of benzene rings is 1. The van der Waals surface area contributed by atoms with Crippen LogP contribution in [0.15, 0.2) is 27.8 Å². The second-order valence-corrected chi connectivity index (χ2v) is 4.71. The summed E-state index contributed by atoms with van der Waals surface area (Å²) in [5, 5.41) is 10.2. The molecule has 3 N–H and O–H groups in total. The van der Waals surface area contributed by atoms with E-state index in [0.717, 1.165) is 12.8 Å². The van der Waals surface area contributed by atoms with Crippen LogP contribution in [0.1, 0.15) is 24.5 Å². The first-order valence-corrected chi connectivity index (χ1v) is 6.21. The van der Waals surface area contributed by atoms with Crippen molar-refractivity contribution in [3.8, 4) is 0 Å². The fraction of sp³-hybridized carbons (Fsp3) is 0.385. The molecule has 2 heterocycles. The summed E-state index contributed by atoms with van der Waals surface area (Å²) >= 11 is 0. The third-order valence-corrected chi connectivity index (χ3v) is 3.40. The molecule has 1 saturated heterocycles. The van der Waals surface area contributed by atoms with E-state index in [-0.39, 0.29) is 6.10 Å². The Balaban J connectivity index is 2.03. The van der Waals surface area contributed by atoms with Crippen LogP contribution in [0.3, 0.4) is 0 Å². The zero-order chi connectivity index (χ0) is 13.4. The van der Waals surface area contributed by atoms with Gasteiger partial charge < -0.3 is 19.8 Å². The Kier molecular flexibility index (Phi) is 2.96. The van der Waals surface area contributed by atoms with Gasteiger partial charge in [0.15, 0.2) is 0 Å². The third-order valence-electron chi connectivity index (χ3n) is 3.40. The summed E-state index contributed by atoms with van der Waals surface area (Å²) in [6.07, 6.45) is 0.843. The van der Waals surface area contributed by atoms with Gasteiger partial charge in [-0.3, -0.25) is 9.59 Å². The van der Waals surface area contributed by atoms with E-state index in [4.69, 9.17) is 4.74 Å². The number of nitrogens with one attached hydrogen (secondary N) is 2. The van der Waals surface area contributed by atoms with Crippen molar-refractivity contribution >= 4 is 11.0 Å². The molecule has 1 aromatic carbocycles. The second-order valence-electron chi connectivity index (χ2n) is 4.71. The van der Waals surface area contributed by atoms with Gasteiger partial charge in [-0.25, -0.2) is 0 Å². The lowest BCUT2D eigenvalue weighted by Crippen LogP contribution is -2.29. The summed E-state index contributed by atoms with van der Waals surface area (Å²) in [5.41, 5.74) is 0.324. The van der Waals surface area contributed by atoms with Gasteiger partial charge in [-0.1, -0.05) is 6.07 Å². The molecule has 6 nitrogen and oxygen atoms in total. The van der Waals surface area contributed by atoms with Gasteiger partial charge in [0, 0.05) is 6.61 Å². The first kappa shape index (κ1) is 12.1. The molecule has 0 spiro atoms. The highest BCUT2D eigenvalue weighted by molar-refractivity contribution is 5.74. The van der Waals surface area contributed by atoms with Gasteiger partial charge in [0.1, 0.15) is 6.10 Å². The van der Waals surface area contributed by atoms with E-state index in [1.54, 1.807) is 18.2 Å². The predicted molar refractivity (Wildman–Crippen MR) is 69.1 cm³/mol. The number of ether oxygens (including phenoxy) is 1. The van der Waals surface area contributed by atoms with Crippen molar-refractivity contribution in [2.24, 2.45) is 0 Å². The average Bonchev–Trinajstić information content (AvgIpc) is 2.93. The maximum Gasteiger partial charge on any atom is 0.314 e. The molecule has 0 aliphatic carbocycles. The van der Waals surface area contributed by atoms with Crippen molar-refractivity contribution in [3.05, 3.63) is 44.5 Å². The summed E-state index contributed by atoms with van der Waals surface area (Å²) < 4.78 is 5.44. The molecule has 0 radical (unpaired) electrons. The maximum absolute atomic E-state index is 11.3. The van der Waals surface area contributed by atoms with Crippen molar-refractivity contribution in [1.29, 1.82) is 0 Å². The zero-order valence-electron chi connectivity index (χ0n) is 10.2. The lowest BCUT2D eigenvalue weighted by Gasteiger charge is -2.17. The van der Waals surface area contributed by atoms with E-state index < -0.39 is 17.2 Å². The van der Waals surface area contributed by atoms with E-state index in [2.05, 4.69) is 9.97 Å². The van der Waals surface area contributed by atoms with Crippen LogP contribution in [-0.4, -0.2) is 27.8 Å². The highest BCUT2D eigenvalue weighted by atomic mass is 16.5. The minimum Gasteiger partial charge on any atom is -0.386 e. The van der Waals surface area contributed by atoms with Crippen molar-refractivity contribution in [1.82, 2.24) is 9.97 Å². The number of H-pyrrole nitrogens is 2. The molecule has 1 aliphatic rings. The minimum absolute atomic E-state index is 0.202. The molecule has 1 aliphatic heterocycles. The molecule has 0 saturated carbocycles. The highest BCUT2D eigenvalue weighted by Gasteiger charge is 2.25. The monoisotopic (exact) mass is 262 g/mol.